The molecule has 12 heteroatoms. The number of aliphatic hydroxyl groups is 3. The van der Waals surface area contributed by atoms with E-state index >= 15 is 0 Å². The zero-order chi connectivity index (χ0) is 27.3. The minimum absolute atomic E-state index is 0.115. The molecule has 7 rings (SSSR count). The number of rotatable bonds is 3. The van der Waals surface area contributed by atoms with Crippen LogP contribution in [0.4, 0.5) is 0 Å². The number of carbonyl (C=O) groups excluding carboxylic acids is 2. The van der Waals surface area contributed by atoms with Crippen molar-refractivity contribution in [1.82, 2.24) is 9.55 Å². The van der Waals surface area contributed by atoms with E-state index in [-0.39, 0.29) is 11.1 Å². The van der Waals surface area contributed by atoms with Gasteiger partial charge in [-0.05, 0) is 36.4 Å². The van der Waals surface area contributed by atoms with Gasteiger partial charge in [0, 0.05) is 43.1 Å². The van der Waals surface area contributed by atoms with Crippen LogP contribution in [0.15, 0.2) is 45.3 Å². The molecule has 2 aromatic heterocycles. The van der Waals surface area contributed by atoms with E-state index in [1.54, 1.807) is 16.7 Å². The highest BCUT2D eigenvalue weighted by Crippen LogP contribution is 2.47. The van der Waals surface area contributed by atoms with E-state index in [2.05, 4.69) is 36.8 Å². The van der Waals surface area contributed by atoms with Crippen LogP contribution in [-0.4, -0.2) is 74.9 Å². The molecule has 5 aromatic rings. The summed E-state index contributed by atoms with van der Waals surface area (Å²) in [6, 6.07) is 10.9. The maximum absolute atomic E-state index is 13.2. The molecule has 0 aliphatic carbocycles. The van der Waals surface area contributed by atoms with Gasteiger partial charge in [0.05, 0.1) is 34.3 Å². The topological polar surface area (TPSA) is 143 Å². The highest BCUT2D eigenvalue weighted by Gasteiger charge is 2.47. The van der Waals surface area contributed by atoms with E-state index < -0.39 is 49.2 Å². The molecule has 2 aliphatic rings. The van der Waals surface area contributed by atoms with E-state index in [0.717, 1.165) is 8.95 Å². The molecule has 0 spiro atoms. The second-order valence-corrected chi connectivity index (χ2v) is 11.5. The third kappa shape index (κ3) is 3.37. The zero-order valence-corrected chi connectivity index (χ0v) is 23.3. The summed E-state index contributed by atoms with van der Waals surface area (Å²) in [5, 5.41) is 34.5. The van der Waals surface area contributed by atoms with Crippen LogP contribution < -0.4 is 0 Å². The number of halogens is 2. The molecule has 200 valence electrons. The van der Waals surface area contributed by atoms with Gasteiger partial charge >= 0.3 is 11.9 Å². The van der Waals surface area contributed by atoms with Crippen molar-refractivity contribution in [3.05, 3.63) is 56.5 Å². The molecule has 2 aliphatic heterocycles. The Kier molecular flexibility index (Phi) is 5.69. The van der Waals surface area contributed by atoms with Crippen LogP contribution >= 0.6 is 31.9 Å². The van der Waals surface area contributed by atoms with E-state index in [0.29, 0.717) is 43.6 Å². The number of hydrogen-bond donors (Lipinski definition) is 4. The first kappa shape index (κ1) is 25.1. The number of fused-ring (bicyclic) bond motifs is 10. The lowest BCUT2D eigenvalue weighted by atomic mass is 9.96. The van der Waals surface area contributed by atoms with Crippen LogP contribution in [-0.2, 0) is 14.2 Å². The van der Waals surface area contributed by atoms with Gasteiger partial charge in [-0.1, -0.05) is 31.9 Å². The van der Waals surface area contributed by atoms with Crippen molar-refractivity contribution in [2.75, 3.05) is 13.7 Å². The van der Waals surface area contributed by atoms with Crippen molar-refractivity contribution in [2.24, 2.45) is 0 Å². The summed E-state index contributed by atoms with van der Waals surface area (Å²) >= 11 is 6.99. The van der Waals surface area contributed by atoms with Crippen molar-refractivity contribution in [2.45, 2.75) is 30.6 Å². The highest BCUT2D eigenvalue weighted by molar-refractivity contribution is 9.10. The van der Waals surface area contributed by atoms with Crippen LogP contribution in [0.2, 0.25) is 0 Å². The summed E-state index contributed by atoms with van der Waals surface area (Å²) in [6.45, 7) is -0.465. The number of esters is 2. The number of benzene rings is 3. The minimum Gasteiger partial charge on any atom is -0.394 e. The van der Waals surface area contributed by atoms with Crippen LogP contribution in [0.1, 0.15) is 26.9 Å². The number of H-pyrrole nitrogens is 1. The number of aromatic amines is 1. The molecule has 0 radical (unpaired) electrons. The van der Waals surface area contributed by atoms with E-state index in [1.165, 1.54) is 7.11 Å². The lowest BCUT2D eigenvalue weighted by Crippen LogP contribution is -2.57. The molecule has 4 heterocycles. The standard InChI is InChI=1S/C27H20Br2N2O8/c1-37-24-15(8-32)38-25(23(34)22(24)33)31-14-5-3-10(29)7-12(14)17-19-18(26(35)39-27(19)36)16-11-6-9(28)2-4-13(11)30-20(16)21(17)31/h2-7,15,22-25,30,32-34H,8H2,1H3. The van der Waals surface area contributed by atoms with Crippen molar-refractivity contribution in [3.63, 3.8) is 0 Å². The zero-order valence-electron chi connectivity index (χ0n) is 20.1. The quantitative estimate of drug-likeness (QED) is 0.169. The second kappa shape index (κ2) is 8.83. The van der Waals surface area contributed by atoms with Crippen LogP contribution in [0.5, 0.6) is 0 Å². The molecular formula is C27H20Br2N2O8. The molecule has 5 atom stereocenters. The molecular weight excluding hydrogens is 640 g/mol. The van der Waals surface area contributed by atoms with E-state index in [9.17, 15) is 24.9 Å². The number of aromatic nitrogens is 2. The molecule has 0 amide bonds. The van der Waals surface area contributed by atoms with Gasteiger partial charge in [-0.3, -0.25) is 0 Å². The van der Waals surface area contributed by atoms with Gasteiger partial charge in [0.25, 0.3) is 0 Å². The largest absolute Gasteiger partial charge is 0.394 e. The first-order valence-corrected chi connectivity index (χ1v) is 13.7. The summed E-state index contributed by atoms with van der Waals surface area (Å²) in [5.74, 6) is -1.52. The average Bonchev–Trinajstić information content (AvgIpc) is 3.54. The van der Waals surface area contributed by atoms with Crippen molar-refractivity contribution in [1.29, 1.82) is 0 Å². The molecule has 0 saturated carbocycles. The summed E-state index contributed by atoms with van der Waals surface area (Å²) in [6.07, 6.45) is -5.95. The van der Waals surface area contributed by atoms with Gasteiger partial charge in [-0.2, -0.15) is 0 Å². The van der Waals surface area contributed by atoms with Gasteiger partial charge in [0.1, 0.15) is 24.4 Å². The molecule has 0 bridgehead atoms. The predicted octanol–water partition coefficient (Wildman–Crippen LogP) is 3.89. The van der Waals surface area contributed by atoms with E-state index in [1.807, 2.05) is 24.3 Å². The third-order valence-electron chi connectivity index (χ3n) is 7.67. The SMILES string of the molecule is COC1C(CO)OC(n2c3ccc(Br)cc3c3c4c(c5c6cc(Br)ccc6[nH]c5c32)C(=O)OC4=O)C(O)C1O. The Balaban J connectivity index is 1.69. The Bertz CT molecular complexity index is 1880. The monoisotopic (exact) mass is 658 g/mol. The number of nitrogens with one attached hydrogen (secondary N) is 1. The fourth-order valence-electron chi connectivity index (χ4n) is 6.07. The van der Waals surface area contributed by atoms with Crippen LogP contribution in [0, 0.1) is 0 Å². The lowest BCUT2D eigenvalue weighted by Gasteiger charge is -2.42. The number of ether oxygens (including phenoxy) is 3. The number of aliphatic hydroxyl groups excluding tert-OH is 3. The van der Waals surface area contributed by atoms with Crippen LogP contribution in [0.25, 0.3) is 43.6 Å². The summed E-state index contributed by atoms with van der Waals surface area (Å²) in [7, 11) is 1.36. The summed E-state index contributed by atoms with van der Waals surface area (Å²) in [5.41, 5.74) is 2.55. The van der Waals surface area contributed by atoms with Crippen molar-refractivity contribution >= 4 is 87.4 Å². The first-order valence-electron chi connectivity index (χ1n) is 12.1. The molecule has 1 fully saturated rings. The molecule has 3 aromatic carbocycles. The van der Waals surface area contributed by atoms with Gasteiger partial charge in [0.2, 0.25) is 0 Å². The van der Waals surface area contributed by atoms with Gasteiger partial charge in [-0.15, -0.1) is 0 Å². The lowest BCUT2D eigenvalue weighted by molar-refractivity contribution is -0.255. The summed E-state index contributed by atoms with van der Waals surface area (Å²) < 4.78 is 19.8. The first-order chi connectivity index (χ1) is 18.7. The Morgan fingerprint density at radius 2 is 1.64 bits per heavy atom. The fraction of sp³-hybridized carbons (Fsp3) is 0.259. The molecule has 5 unspecified atom stereocenters. The number of carbonyl (C=O) groups is 2. The Hall–Kier alpha value is -2.84. The minimum atomic E-state index is -1.46. The van der Waals surface area contributed by atoms with Crippen molar-refractivity contribution in [3.8, 4) is 0 Å². The van der Waals surface area contributed by atoms with Gasteiger partial charge in [-0.25, -0.2) is 9.59 Å². The van der Waals surface area contributed by atoms with Gasteiger partial charge in [0.15, 0.2) is 6.23 Å². The summed E-state index contributed by atoms with van der Waals surface area (Å²) in [4.78, 5) is 29.7. The van der Waals surface area contributed by atoms with Gasteiger partial charge < -0.3 is 39.1 Å². The Labute approximate surface area is 236 Å². The smallest absolute Gasteiger partial charge is 0.347 e. The number of nitrogens with zero attached hydrogens (tertiary/aromatic N) is 1. The van der Waals surface area contributed by atoms with Crippen molar-refractivity contribution < 1.29 is 39.1 Å². The van der Waals surface area contributed by atoms with E-state index in [4.69, 9.17) is 14.2 Å². The third-order valence-corrected chi connectivity index (χ3v) is 8.66. The average molecular weight is 660 g/mol. The number of cyclic esters (lactones) is 2. The fourth-order valence-corrected chi connectivity index (χ4v) is 6.79. The molecule has 10 nitrogen and oxygen atoms in total. The molecule has 39 heavy (non-hydrogen) atoms. The molecule has 1 saturated heterocycles. The molecule has 4 N–H and O–H groups in total. The number of methoxy groups -OCH3 is 1. The maximum Gasteiger partial charge on any atom is 0.347 e. The Morgan fingerprint density at radius 1 is 0.974 bits per heavy atom. The highest BCUT2D eigenvalue weighted by atomic mass is 79.9. The van der Waals surface area contributed by atoms with Crippen LogP contribution in [0.3, 0.4) is 0 Å². The second-order valence-electron chi connectivity index (χ2n) is 9.68. The Morgan fingerprint density at radius 3 is 2.33 bits per heavy atom. The normalized spacial score (nSPS) is 25.3. The maximum atomic E-state index is 13.2. The number of hydrogen-bond acceptors (Lipinski definition) is 8. The predicted molar refractivity (Wildman–Crippen MR) is 148 cm³/mol.